The highest BCUT2D eigenvalue weighted by atomic mass is 19.1. The lowest BCUT2D eigenvalue weighted by Crippen LogP contribution is -2.52. The molecule has 0 bridgehead atoms. The first-order valence-corrected chi connectivity index (χ1v) is 12.3. The fourth-order valence-corrected chi connectivity index (χ4v) is 5.48. The van der Waals surface area contributed by atoms with Gasteiger partial charge in [-0.2, -0.15) is 0 Å². The van der Waals surface area contributed by atoms with Gasteiger partial charge in [-0.15, -0.1) is 0 Å². The number of ether oxygens (including phenoxy) is 2. The molecule has 9 nitrogen and oxygen atoms in total. The minimum Gasteiger partial charge on any atom is -0.486 e. The summed E-state index contributed by atoms with van der Waals surface area (Å²) < 4.78 is 25.9. The van der Waals surface area contributed by atoms with Crippen LogP contribution in [0.5, 0.6) is 11.5 Å². The van der Waals surface area contributed by atoms with Gasteiger partial charge in [-0.1, -0.05) is 6.07 Å². The van der Waals surface area contributed by atoms with E-state index in [1.54, 1.807) is 0 Å². The number of nitrogens with one attached hydrogen (secondary N) is 1. The second-order valence-corrected chi connectivity index (χ2v) is 9.59. The van der Waals surface area contributed by atoms with Gasteiger partial charge in [-0.05, 0) is 36.2 Å². The lowest BCUT2D eigenvalue weighted by Gasteiger charge is -2.37. The number of fused-ring (bicyclic) bond motifs is 2. The molecule has 2 saturated heterocycles. The molecule has 0 saturated carbocycles. The lowest BCUT2D eigenvalue weighted by atomic mass is 10.0. The lowest BCUT2D eigenvalue weighted by molar-refractivity contribution is -0.136. The topological polar surface area (TPSA) is 91.4 Å². The number of halogens is 1. The molecule has 2 aromatic rings. The Morgan fingerprint density at radius 2 is 1.75 bits per heavy atom. The molecule has 3 amide bonds. The van der Waals surface area contributed by atoms with E-state index < -0.39 is 17.8 Å². The van der Waals surface area contributed by atoms with Crippen LogP contribution in [-0.2, 0) is 22.7 Å². The minimum absolute atomic E-state index is 0.184. The minimum atomic E-state index is -0.721. The van der Waals surface area contributed by atoms with Crippen molar-refractivity contribution in [2.75, 3.05) is 44.3 Å². The fraction of sp³-hybridized carbons (Fsp3) is 0.423. The molecule has 1 N–H and O–H groups in total. The van der Waals surface area contributed by atoms with Crippen LogP contribution in [0.15, 0.2) is 30.3 Å². The highest BCUT2D eigenvalue weighted by molar-refractivity contribution is 6.06. The van der Waals surface area contributed by atoms with Gasteiger partial charge in [-0.3, -0.25) is 24.6 Å². The molecule has 4 aliphatic heterocycles. The molecule has 2 fully saturated rings. The van der Waals surface area contributed by atoms with Crippen LogP contribution in [0.3, 0.4) is 0 Å². The summed E-state index contributed by atoms with van der Waals surface area (Å²) in [7, 11) is 0. The summed E-state index contributed by atoms with van der Waals surface area (Å²) in [6, 6.07) is 8.04. The Morgan fingerprint density at radius 1 is 0.972 bits per heavy atom. The number of piperidine rings is 1. The summed E-state index contributed by atoms with van der Waals surface area (Å²) in [6.45, 7) is 5.06. The molecule has 6 rings (SSSR count). The molecule has 0 aliphatic carbocycles. The normalized spacial score (nSPS) is 22.0. The Labute approximate surface area is 207 Å². The zero-order valence-corrected chi connectivity index (χ0v) is 19.8. The van der Waals surface area contributed by atoms with Gasteiger partial charge in [0.15, 0.2) is 11.5 Å². The molecular weight excluding hydrogens is 467 g/mol. The van der Waals surface area contributed by atoms with E-state index >= 15 is 0 Å². The summed E-state index contributed by atoms with van der Waals surface area (Å²) in [5.41, 5.74) is 2.89. The summed E-state index contributed by atoms with van der Waals surface area (Å²) >= 11 is 0. The zero-order chi connectivity index (χ0) is 24.8. The van der Waals surface area contributed by atoms with Gasteiger partial charge in [0, 0.05) is 62.5 Å². The fourth-order valence-electron chi connectivity index (χ4n) is 5.48. The number of rotatable bonds is 4. The van der Waals surface area contributed by atoms with E-state index in [4.69, 9.17) is 9.47 Å². The van der Waals surface area contributed by atoms with E-state index in [0.29, 0.717) is 37.6 Å². The predicted molar refractivity (Wildman–Crippen MR) is 127 cm³/mol. The number of carbonyl (C=O) groups is 3. The monoisotopic (exact) mass is 494 g/mol. The Hall–Kier alpha value is -3.66. The maximum absolute atomic E-state index is 14.6. The highest BCUT2D eigenvalue weighted by Crippen LogP contribution is 2.36. The second kappa shape index (κ2) is 9.09. The maximum Gasteiger partial charge on any atom is 0.255 e. The van der Waals surface area contributed by atoms with Gasteiger partial charge < -0.3 is 19.3 Å². The van der Waals surface area contributed by atoms with Crippen molar-refractivity contribution in [3.8, 4) is 11.5 Å². The van der Waals surface area contributed by atoms with Crippen molar-refractivity contribution in [2.24, 2.45) is 0 Å². The number of carbonyl (C=O) groups excluding carboxylic acids is 3. The van der Waals surface area contributed by atoms with E-state index in [0.717, 1.165) is 42.3 Å². The number of amides is 3. The number of hydrogen-bond donors (Lipinski definition) is 1. The molecule has 4 heterocycles. The van der Waals surface area contributed by atoms with Gasteiger partial charge in [0.05, 0.1) is 0 Å². The molecule has 1 unspecified atom stereocenters. The SMILES string of the molecule is O=C1CCC(N2Cc3c(cc(F)cc3N3CCN(Cc4ccc5c(c4)OCCO5)CC3)C2=O)C(=O)N1. The summed E-state index contributed by atoms with van der Waals surface area (Å²) in [5, 5.41) is 2.31. The molecular formula is C26H27FN4O5. The molecule has 36 heavy (non-hydrogen) atoms. The van der Waals surface area contributed by atoms with Crippen molar-refractivity contribution >= 4 is 23.4 Å². The maximum atomic E-state index is 14.6. The van der Waals surface area contributed by atoms with Gasteiger partial charge >= 0.3 is 0 Å². The first-order valence-electron chi connectivity index (χ1n) is 12.3. The Balaban J connectivity index is 1.15. The highest BCUT2D eigenvalue weighted by Gasteiger charge is 2.41. The first-order chi connectivity index (χ1) is 17.5. The van der Waals surface area contributed by atoms with Crippen molar-refractivity contribution in [2.45, 2.75) is 32.0 Å². The van der Waals surface area contributed by atoms with E-state index in [-0.39, 0.29) is 31.2 Å². The van der Waals surface area contributed by atoms with Gasteiger partial charge in [0.25, 0.3) is 5.91 Å². The molecule has 4 aliphatic rings. The predicted octanol–water partition coefficient (Wildman–Crippen LogP) is 1.68. The molecule has 0 spiro atoms. The van der Waals surface area contributed by atoms with E-state index in [1.807, 2.05) is 12.1 Å². The van der Waals surface area contributed by atoms with E-state index in [2.05, 4.69) is 21.2 Å². The van der Waals surface area contributed by atoms with Crippen LogP contribution in [-0.4, -0.2) is 73.0 Å². The average Bonchev–Trinajstić information content (AvgIpc) is 3.20. The number of anilines is 1. The van der Waals surface area contributed by atoms with Gasteiger partial charge in [0.2, 0.25) is 11.8 Å². The Bertz CT molecular complexity index is 1240. The molecule has 1 atom stereocenters. The molecule has 2 aromatic carbocycles. The van der Waals surface area contributed by atoms with E-state index in [1.165, 1.54) is 17.0 Å². The summed E-state index contributed by atoms with van der Waals surface area (Å²) in [6.07, 6.45) is 0.462. The Morgan fingerprint density at radius 3 is 2.53 bits per heavy atom. The largest absolute Gasteiger partial charge is 0.486 e. The van der Waals surface area contributed by atoms with Crippen LogP contribution in [0.4, 0.5) is 10.1 Å². The van der Waals surface area contributed by atoms with Crippen molar-refractivity contribution in [1.82, 2.24) is 15.1 Å². The summed E-state index contributed by atoms with van der Waals surface area (Å²) in [5.74, 6) is -0.0875. The van der Waals surface area contributed by atoms with Crippen LogP contribution < -0.4 is 19.7 Å². The third-order valence-corrected chi connectivity index (χ3v) is 7.32. The third kappa shape index (κ3) is 4.15. The number of piperazine rings is 1. The number of imide groups is 1. The van der Waals surface area contributed by atoms with Crippen LogP contribution in [0.25, 0.3) is 0 Å². The van der Waals surface area contributed by atoms with Crippen molar-refractivity contribution in [3.05, 3.63) is 52.8 Å². The van der Waals surface area contributed by atoms with Crippen molar-refractivity contribution in [1.29, 1.82) is 0 Å². The first kappa shape index (κ1) is 22.8. The quantitative estimate of drug-likeness (QED) is 0.647. The van der Waals surface area contributed by atoms with Crippen LogP contribution >= 0.6 is 0 Å². The van der Waals surface area contributed by atoms with Gasteiger partial charge in [0.1, 0.15) is 25.1 Å². The zero-order valence-electron chi connectivity index (χ0n) is 19.8. The van der Waals surface area contributed by atoms with Crippen LogP contribution in [0.2, 0.25) is 0 Å². The number of benzene rings is 2. The van der Waals surface area contributed by atoms with Crippen molar-refractivity contribution in [3.63, 3.8) is 0 Å². The number of nitrogens with zero attached hydrogens (tertiary/aromatic N) is 3. The molecule has 10 heteroatoms. The number of hydrogen-bond acceptors (Lipinski definition) is 7. The standard InChI is InChI=1S/C26H27FN4O5/c27-17-12-18-19(15-31(26(18)34)20-2-4-24(32)28-25(20)33)21(13-17)30-7-5-29(6-8-30)14-16-1-3-22-23(11-16)36-10-9-35-22/h1,3,11-13,20H,2,4-10,14-15H2,(H,28,32,33). The van der Waals surface area contributed by atoms with Crippen LogP contribution in [0, 0.1) is 5.82 Å². The summed E-state index contributed by atoms with van der Waals surface area (Å²) in [4.78, 5) is 42.9. The molecule has 0 aromatic heterocycles. The molecule has 0 radical (unpaired) electrons. The second-order valence-electron chi connectivity index (χ2n) is 9.59. The smallest absolute Gasteiger partial charge is 0.255 e. The van der Waals surface area contributed by atoms with Gasteiger partial charge in [-0.25, -0.2) is 4.39 Å². The Kier molecular flexibility index (Phi) is 5.75. The average molecular weight is 495 g/mol. The third-order valence-electron chi connectivity index (χ3n) is 7.32. The molecule has 188 valence electrons. The van der Waals surface area contributed by atoms with Crippen molar-refractivity contribution < 1.29 is 28.2 Å². The van der Waals surface area contributed by atoms with E-state index in [9.17, 15) is 18.8 Å². The van der Waals surface area contributed by atoms with Crippen LogP contribution in [0.1, 0.15) is 34.3 Å².